The predicted molar refractivity (Wildman–Crippen MR) is 116 cm³/mol. The van der Waals surface area contributed by atoms with Gasteiger partial charge >= 0.3 is 11.8 Å². The molecule has 0 aliphatic carbocycles. The summed E-state index contributed by atoms with van der Waals surface area (Å²) < 4.78 is 13.3. The van der Waals surface area contributed by atoms with Crippen molar-refractivity contribution in [3.8, 4) is 0 Å². The Hall–Kier alpha value is -3.25. The van der Waals surface area contributed by atoms with Crippen LogP contribution in [0.5, 0.6) is 0 Å². The van der Waals surface area contributed by atoms with E-state index in [2.05, 4.69) is 39.8 Å². The molecule has 3 aromatic carbocycles. The molecule has 0 saturated carbocycles. The zero-order valence-electron chi connectivity index (χ0n) is 16.6. The Labute approximate surface area is 174 Å². The molecule has 1 aliphatic heterocycles. The monoisotopic (exact) mass is 405 g/mol. The van der Waals surface area contributed by atoms with Gasteiger partial charge in [0.1, 0.15) is 5.82 Å². The topological polar surface area (TPSA) is 61.4 Å². The summed E-state index contributed by atoms with van der Waals surface area (Å²) in [6.45, 7) is 2.24. The summed E-state index contributed by atoms with van der Waals surface area (Å²) in [6, 6.07) is 19.8. The highest BCUT2D eigenvalue weighted by Crippen LogP contribution is 2.30. The molecular weight excluding hydrogens is 381 g/mol. The molecule has 3 aromatic rings. The first-order valence-corrected chi connectivity index (χ1v) is 10.2. The zero-order valence-corrected chi connectivity index (χ0v) is 16.6. The third-order valence-electron chi connectivity index (χ3n) is 5.51. The highest BCUT2D eigenvalue weighted by atomic mass is 19.1. The molecule has 1 unspecified atom stereocenters. The second-order valence-corrected chi connectivity index (χ2v) is 7.50. The van der Waals surface area contributed by atoms with E-state index in [0.29, 0.717) is 6.54 Å². The van der Waals surface area contributed by atoms with E-state index in [4.69, 9.17) is 0 Å². The van der Waals surface area contributed by atoms with Crippen LogP contribution in [0, 0.1) is 5.82 Å². The van der Waals surface area contributed by atoms with Crippen molar-refractivity contribution in [1.82, 2.24) is 10.2 Å². The van der Waals surface area contributed by atoms with Crippen LogP contribution in [0.1, 0.15) is 24.4 Å². The van der Waals surface area contributed by atoms with Crippen LogP contribution in [0.2, 0.25) is 0 Å². The number of likely N-dealkylation sites (tertiary alicyclic amines) is 1. The van der Waals surface area contributed by atoms with E-state index >= 15 is 0 Å². The smallest absolute Gasteiger partial charge is 0.313 e. The molecule has 5 nitrogen and oxygen atoms in total. The van der Waals surface area contributed by atoms with Crippen LogP contribution in [0.3, 0.4) is 0 Å². The SMILES string of the molecule is O=C(NCC(c1cccc2ccccc12)N1CCCC1)C(=O)Nc1cccc(F)c1. The molecular formula is C24H24FN3O2. The van der Waals surface area contributed by atoms with E-state index in [-0.39, 0.29) is 11.7 Å². The average molecular weight is 405 g/mol. The van der Waals surface area contributed by atoms with Crippen LogP contribution in [0.4, 0.5) is 10.1 Å². The number of nitrogens with zero attached hydrogens (tertiary/aromatic N) is 1. The van der Waals surface area contributed by atoms with E-state index < -0.39 is 17.6 Å². The van der Waals surface area contributed by atoms with Crippen molar-refractivity contribution < 1.29 is 14.0 Å². The maximum absolute atomic E-state index is 13.3. The van der Waals surface area contributed by atoms with E-state index in [9.17, 15) is 14.0 Å². The van der Waals surface area contributed by atoms with E-state index in [0.717, 1.165) is 42.3 Å². The molecule has 2 amide bonds. The van der Waals surface area contributed by atoms with Crippen molar-refractivity contribution >= 4 is 28.3 Å². The molecule has 1 aliphatic rings. The van der Waals surface area contributed by atoms with Gasteiger partial charge in [-0.2, -0.15) is 0 Å². The van der Waals surface area contributed by atoms with Crippen LogP contribution in [0.25, 0.3) is 10.8 Å². The summed E-state index contributed by atoms with van der Waals surface area (Å²) >= 11 is 0. The molecule has 1 fully saturated rings. The number of rotatable bonds is 5. The normalized spacial score (nSPS) is 15.1. The Morgan fingerprint density at radius 2 is 1.67 bits per heavy atom. The number of benzene rings is 3. The maximum atomic E-state index is 13.3. The number of fused-ring (bicyclic) bond motifs is 1. The second-order valence-electron chi connectivity index (χ2n) is 7.50. The number of carbonyl (C=O) groups excluding carboxylic acids is 2. The number of halogens is 1. The largest absolute Gasteiger partial charge is 0.346 e. The van der Waals surface area contributed by atoms with Gasteiger partial charge in [0.25, 0.3) is 0 Å². The van der Waals surface area contributed by atoms with Gasteiger partial charge in [-0.15, -0.1) is 0 Å². The first-order valence-electron chi connectivity index (χ1n) is 10.2. The quantitative estimate of drug-likeness (QED) is 0.634. The molecule has 0 bridgehead atoms. The maximum Gasteiger partial charge on any atom is 0.313 e. The molecule has 30 heavy (non-hydrogen) atoms. The Kier molecular flexibility index (Phi) is 6.05. The fraction of sp³-hybridized carbons (Fsp3) is 0.250. The first-order chi connectivity index (χ1) is 14.6. The van der Waals surface area contributed by atoms with Gasteiger partial charge in [0.2, 0.25) is 0 Å². The van der Waals surface area contributed by atoms with Crippen LogP contribution in [0.15, 0.2) is 66.7 Å². The number of amides is 2. The molecule has 0 spiro atoms. The van der Waals surface area contributed by atoms with E-state index in [1.165, 1.54) is 24.3 Å². The van der Waals surface area contributed by atoms with Crippen LogP contribution >= 0.6 is 0 Å². The summed E-state index contributed by atoms with van der Waals surface area (Å²) in [5, 5.41) is 7.51. The van der Waals surface area contributed by atoms with Gasteiger partial charge in [0, 0.05) is 12.2 Å². The highest BCUT2D eigenvalue weighted by molar-refractivity contribution is 6.39. The standard InChI is InChI=1S/C24H24FN3O2/c25-18-9-6-10-19(15-18)27-24(30)23(29)26-16-22(28-13-3-4-14-28)21-12-5-8-17-7-1-2-11-20(17)21/h1-2,5-12,15,22H,3-4,13-14,16H2,(H,26,29)(H,27,30). The lowest BCUT2D eigenvalue weighted by Crippen LogP contribution is -2.41. The van der Waals surface area contributed by atoms with Gasteiger partial charge in [-0.1, -0.05) is 48.5 Å². The molecule has 6 heteroatoms. The summed E-state index contributed by atoms with van der Waals surface area (Å²) in [7, 11) is 0. The van der Waals surface area contributed by atoms with Crippen LogP contribution in [-0.2, 0) is 9.59 Å². The number of carbonyl (C=O) groups is 2. The minimum Gasteiger partial charge on any atom is -0.346 e. The lowest BCUT2D eigenvalue weighted by molar-refractivity contribution is -0.136. The molecule has 154 valence electrons. The number of nitrogens with one attached hydrogen (secondary N) is 2. The minimum atomic E-state index is -0.807. The van der Waals surface area contributed by atoms with Gasteiger partial charge in [-0.3, -0.25) is 14.5 Å². The van der Waals surface area contributed by atoms with Gasteiger partial charge in [-0.25, -0.2) is 4.39 Å². The Morgan fingerprint density at radius 3 is 2.47 bits per heavy atom. The fourth-order valence-corrected chi connectivity index (χ4v) is 4.05. The first kappa shape index (κ1) is 20.0. The van der Waals surface area contributed by atoms with Crippen molar-refractivity contribution in [2.45, 2.75) is 18.9 Å². The van der Waals surface area contributed by atoms with Crippen molar-refractivity contribution in [1.29, 1.82) is 0 Å². The van der Waals surface area contributed by atoms with Gasteiger partial charge in [0.15, 0.2) is 0 Å². The third kappa shape index (κ3) is 4.49. The van der Waals surface area contributed by atoms with Crippen molar-refractivity contribution in [2.24, 2.45) is 0 Å². The van der Waals surface area contributed by atoms with Crippen molar-refractivity contribution in [2.75, 3.05) is 25.0 Å². The molecule has 1 saturated heterocycles. The lowest BCUT2D eigenvalue weighted by atomic mass is 9.97. The molecule has 1 atom stereocenters. The van der Waals surface area contributed by atoms with E-state index in [1.807, 2.05) is 18.2 Å². The number of hydrogen-bond donors (Lipinski definition) is 2. The molecule has 1 heterocycles. The van der Waals surface area contributed by atoms with Gasteiger partial charge in [0.05, 0.1) is 6.04 Å². The number of hydrogen-bond acceptors (Lipinski definition) is 3. The molecule has 0 aromatic heterocycles. The highest BCUT2D eigenvalue weighted by Gasteiger charge is 2.26. The zero-order chi connectivity index (χ0) is 20.9. The van der Waals surface area contributed by atoms with Crippen LogP contribution < -0.4 is 10.6 Å². The summed E-state index contributed by atoms with van der Waals surface area (Å²) in [5.41, 5.74) is 1.39. The molecule has 2 N–H and O–H groups in total. The molecule has 0 radical (unpaired) electrons. The summed E-state index contributed by atoms with van der Waals surface area (Å²) in [6.07, 6.45) is 2.24. The van der Waals surface area contributed by atoms with Crippen molar-refractivity contribution in [3.05, 3.63) is 78.1 Å². The summed E-state index contributed by atoms with van der Waals surface area (Å²) in [5.74, 6) is -2.01. The van der Waals surface area contributed by atoms with Crippen LogP contribution in [-0.4, -0.2) is 36.3 Å². The molecule has 4 rings (SSSR count). The summed E-state index contributed by atoms with van der Waals surface area (Å²) in [4.78, 5) is 27.0. The fourth-order valence-electron chi connectivity index (χ4n) is 4.05. The number of anilines is 1. The lowest BCUT2D eigenvalue weighted by Gasteiger charge is -2.29. The van der Waals surface area contributed by atoms with E-state index in [1.54, 1.807) is 0 Å². The second kappa shape index (κ2) is 9.05. The average Bonchev–Trinajstić information content (AvgIpc) is 3.28. The minimum absolute atomic E-state index is 0.0236. The van der Waals surface area contributed by atoms with Gasteiger partial charge in [-0.05, 0) is 60.5 Å². The Morgan fingerprint density at radius 1 is 0.933 bits per heavy atom. The Bertz CT molecular complexity index is 1060. The van der Waals surface area contributed by atoms with Gasteiger partial charge < -0.3 is 10.6 Å². The Balaban J connectivity index is 1.50. The third-order valence-corrected chi connectivity index (χ3v) is 5.51. The predicted octanol–water partition coefficient (Wildman–Crippen LogP) is 3.87. The van der Waals surface area contributed by atoms with Crippen molar-refractivity contribution in [3.63, 3.8) is 0 Å².